The first-order chi connectivity index (χ1) is 9.97. The third kappa shape index (κ3) is 4.24. The summed E-state index contributed by atoms with van der Waals surface area (Å²) in [7, 11) is 0. The fraction of sp³-hybridized carbons (Fsp3) is 0.0625. The molecule has 0 aliphatic carbocycles. The van der Waals surface area contributed by atoms with Crippen molar-refractivity contribution in [2.45, 2.75) is 6.92 Å². The van der Waals surface area contributed by atoms with Gasteiger partial charge in [-0.25, -0.2) is 0 Å². The molecule has 2 aromatic rings. The van der Waals surface area contributed by atoms with Crippen LogP contribution in [0.1, 0.15) is 15.9 Å². The Balaban J connectivity index is 2.04. The molecule has 0 aliphatic heterocycles. The van der Waals surface area contributed by atoms with Crippen molar-refractivity contribution in [2.24, 2.45) is 0 Å². The smallest absolute Gasteiger partial charge is 0.187 e. The van der Waals surface area contributed by atoms with Crippen LogP contribution < -0.4 is 5.32 Å². The molecule has 0 atom stereocenters. The molecule has 0 saturated carbocycles. The lowest BCUT2D eigenvalue weighted by Crippen LogP contribution is -1.96. The summed E-state index contributed by atoms with van der Waals surface area (Å²) in [6.45, 7) is 1.93. The number of rotatable bonds is 4. The molecule has 0 aromatic heterocycles. The zero-order chi connectivity index (χ0) is 15.4. The molecule has 21 heavy (non-hydrogen) atoms. The Bertz CT molecular complexity index is 711. The minimum atomic E-state index is -0.167. The van der Waals surface area contributed by atoms with Crippen molar-refractivity contribution in [3.8, 4) is 0 Å². The quantitative estimate of drug-likeness (QED) is 0.566. The Morgan fingerprint density at radius 3 is 2.43 bits per heavy atom. The molecular formula is C16H12Cl3NO. The van der Waals surface area contributed by atoms with Crippen molar-refractivity contribution in [1.82, 2.24) is 0 Å². The second-order valence-corrected chi connectivity index (χ2v) is 5.66. The Morgan fingerprint density at radius 2 is 1.76 bits per heavy atom. The number of allylic oxidation sites excluding steroid dienone is 1. The summed E-state index contributed by atoms with van der Waals surface area (Å²) in [5.74, 6) is -0.167. The molecule has 0 amide bonds. The maximum Gasteiger partial charge on any atom is 0.187 e. The van der Waals surface area contributed by atoms with Crippen LogP contribution in [0.25, 0.3) is 0 Å². The van der Waals surface area contributed by atoms with E-state index in [1.54, 1.807) is 30.5 Å². The number of carbonyl (C=O) groups is 1. The van der Waals surface area contributed by atoms with E-state index in [0.717, 1.165) is 11.3 Å². The lowest BCUT2D eigenvalue weighted by molar-refractivity contribution is 0.104. The summed E-state index contributed by atoms with van der Waals surface area (Å²) >= 11 is 17.7. The van der Waals surface area contributed by atoms with Crippen LogP contribution in [-0.4, -0.2) is 5.78 Å². The maximum absolute atomic E-state index is 12.0. The van der Waals surface area contributed by atoms with Gasteiger partial charge < -0.3 is 5.32 Å². The molecule has 0 bridgehead atoms. The van der Waals surface area contributed by atoms with E-state index in [1.165, 1.54) is 6.08 Å². The van der Waals surface area contributed by atoms with Gasteiger partial charge in [0, 0.05) is 28.5 Å². The van der Waals surface area contributed by atoms with Crippen molar-refractivity contribution in [1.29, 1.82) is 0 Å². The first kappa shape index (κ1) is 15.9. The normalized spacial score (nSPS) is 10.9. The number of ketones is 1. The number of halogens is 3. The number of nitrogens with one attached hydrogen (secondary N) is 1. The number of aryl methyl sites for hydroxylation is 1. The third-order valence-corrected chi connectivity index (χ3v) is 4.01. The fourth-order valence-corrected chi connectivity index (χ4v) is 2.12. The molecule has 0 heterocycles. The molecule has 0 saturated heterocycles. The molecule has 0 radical (unpaired) electrons. The van der Waals surface area contributed by atoms with Gasteiger partial charge in [0.05, 0.1) is 10.0 Å². The fourth-order valence-electron chi connectivity index (χ4n) is 1.64. The van der Waals surface area contributed by atoms with Gasteiger partial charge in [0.1, 0.15) is 0 Å². The number of anilines is 1. The van der Waals surface area contributed by atoms with Crippen LogP contribution in [0.4, 0.5) is 5.69 Å². The Labute approximate surface area is 138 Å². The van der Waals surface area contributed by atoms with Crippen LogP contribution in [0.15, 0.2) is 48.7 Å². The maximum atomic E-state index is 12.0. The number of carbonyl (C=O) groups excluding carboxylic acids is 1. The molecule has 0 spiro atoms. The molecule has 0 fully saturated rings. The molecule has 0 unspecified atom stereocenters. The van der Waals surface area contributed by atoms with E-state index in [-0.39, 0.29) is 5.78 Å². The predicted octanol–water partition coefficient (Wildman–Crippen LogP) is 5.76. The second kappa shape index (κ2) is 6.99. The largest absolute Gasteiger partial charge is 0.362 e. The summed E-state index contributed by atoms with van der Waals surface area (Å²) in [6.07, 6.45) is 2.99. The van der Waals surface area contributed by atoms with Gasteiger partial charge in [0.2, 0.25) is 0 Å². The van der Waals surface area contributed by atoms with E-state index in [1.807, 2.05) is 19.1 Å². The summed E-state index contributed by atoms with van der Waals surface area (Å²) in [6, 6.07) is 10.3. The van der Waals surface area contributed by atoms with Gasteiger partial charge in [-0.2, -0.15) is 0 Å². The van der Waals surface area contributed by atoms with Crippen LogP contribution in [0.3, 0.4) is 0 Å². The van der Waals surface area contributed by atoms with Gasteiger partial charge in [-0.05, 0) is 42.8 Å². The average molecular weight is 341 g/mol. The van der Waals surface area contributed by atoms with Crippen molar-refractivity contribution < 1.29 is 4.79 Å². The van der Waals surface area contributed by atoms with Crippen molar-refractivity contribution >= 4 is 46.3 Å². The summed E-state index contributed by atoms with van der Waals surface area (Å²) in [5, 5.41) is 4.44. The van der Waals surface area contributed by atoms with E-state index in [2.05, 4.69) is 5.32 Å². The van der Waals surface area contributed by atoms with Crippen molar-refractivity contribution in [3.63, 3.8) is 0 Å². The first-order valence-corrected chi connectivity index (χ1v) is 7.29. The van der Waals surface area contributed by atoms with E-state index < -0.39 is 0 Å². The van der Waals surface area contributed by atoms with Gasteiger partial charge in [-0.15, -0.1) is 0 Å². The number of hydrogen-bond donors (Lipinski definition) is 1. The van der Waals surface area contributed by atoms with Gasteiger partial charge in [-0.1, -0.05) is 40.9 Å². The zero-order valence-corrected chi connectivity index (χ0v) is 13.4. The van der Waals surface area contributed by atoms with Crippen LogP contribution in [0.5, 0.6) is 0 Å². The average Bonchev–Trinajstić information content (AvgIpc) is 2.45. The van der Waals surface area contributed by atoms with E-state index >= 15 is 0 Å². The monoisotopic (exact) mass is 339 g/mol. The van der Waals surface area contributed by atoms with Gasteiger partial charge in [0.15, 0.2) is 5.78 Å². The zero-order valence-electron chi connectivity index (χ0n) is 11.2. The van der Waals surface area contributed by atoms with Gasteiger partial charge >= 0.3 is 0 Å². The minimum absolute atomic E-state index is 0.167. The van der Waals surface area contributed by atoms with Crippen LogP contribution in [-0.2, 0) is 0 Å². The Hall–Kier alpha value is -1.48. The van der Waals surface area contributed by atoms with Crippen molar-refractivity contribution in [2.75, 3.05) is 5.32 Å². The highest BCUT2D eigenvalue weighted by atomic mass is 35.5. The highest BCUT2D eigenvalue weighted by Crippen LogP contribution is 2.23. The van der Waals surface area contributed by atoms with Crippen LogP contribution >= 0.6 is 34.8 Å². The molecular weight excluding hydrogens is 329 g/mol. The lowest BCUT2D eigenvalue weighted by Gasteiger charge is -2.03. The van der Waals surface area contributed by atoms with Crippen molar-refractivity contribution in [3.05, 3.63) is 74.9 Å². The van der Waals surface area contributed by atoms with Gasteiger partial charge in [-0.3, -0.25) is 4.79 Å². The summed E-state index contributed by atoms with van der Waals surface area (Å²) in [5.41, 5.74) is 2.28. The third-order valence-electron chi connectivity index (χ3n) is 2.86. The van der Waals surface area contributed by atoms with Crippen LogP contribution in [0.2, 0.25) is 15.1 Å². The van der Waals surface area contributed by atoms with Gasteiger partial charge in [0.25, 0.3) is 0 Å². The molecule has 2 nitrogen and oxygen atoms in total. The highest BCUT2D eigenvalue weighted by Gasteiger charge is 2.05. The number of hydrogen-bond acceptors (Lipinski definition) is 2. The Morgan fingerprint density at radius 1 is 1.00 bits per heavy atom. The molecule has 1 N–H and O–H groups in total. The lowest BCUT2D eigenvalue weighted by atomic mass is 10.1. The molecule has 108 valence electrons. The summed E-state index contributed by atoms with van der Waals surface area (Å²) in [4.78, 5) is 12.0. The molecule has 0 aliphatic rings. The molecule has 5 heteroatoms. The highest BCUT2D eigenvalue weighted by molar-refractivity contribution is 6.42. The molecule has 2 rings (SSSR count). The van der Waals surface area contributed by atoms with Crippen LogP contribution in [0, 0.1) is 6.92 Å². The second-order valence-electron chi connectivity index (χ2n) is 4.43. The predicted molar refractivity (Wildman–Crippen MR) is 89.7 cm³/mol. The minimum Gasteiger partial charge on any atom is -0.362 e. The number of benzene rings is 2. The van der Waals surface area contributed by atoms with E-state index in [9.17, 15) is 4.79 Å². The standard InChI is InChI=1S/C16H12Cl3NO/c1-10-2-4-12(9-14(10)18)20-7-6-16(21)11-3-5-13(17)15(19)8-11/h2-9,20H,1H3. The topological polar surface area (TPSA) is 29.1 Å². The van der Waals surface area contributed by atoms with E-state index in [4.69, 9.17) is 34.8 Å². The first-order valence-electron chi connectivity index (χ1n) is 6.16. The van der Waals surface area contributed by atoms with E-state index in [0.29, 0.717) is 20.6 Å². The summed E-state index contributed by atoms with van der Waals surface area (Å²) < 4.78 is 0. The Kier molecular flexibility index (Phi) is 5.29. The molecule has 2 aromatic carbocycles. The SMILES string of the molecule is Cc1ccc(NC=CC(=O)c2ccc(Cl)c(Cl)c2)cc1Cl.